The molecule has 0 aromatic carbocycles. The van der Waals surface area contributed by atoms with Crippen molar-refractivity contribution in [3.05, 3.63) is 47.6 Å². The van der Waals surface area contributed by atoms with E-state index in [9.17, 15) is 4.79 Å². The molecule has 1 rings (SSSR count). The highest BCUT2D eigenvalue weighted by molar-refractivity contribution is 6.07. The average molecular weight is 230 g/mol. The third-order valence-electron chi connectivity index (χ3n) is 2.87. The van der Waals surface area contributed by atoms with Crippen molar-refractivity contribution in [3.63, 3.8) is 0 Å². The number of hydrogen-bond donors (Lipinski definition) is 0. The van der Waals surface area contributed by atoms with E-state index in [0.717, 1.165) is 18.4 Å². The second kappa shape index (κ2) is 7.05. The van der Waals surface area contributed by atoms with Crippen molar-refractivity contribution in [2.45, 2.75) is 40.0 Å². The third-order valence-corrected chi connectivity index (χ3v) is 2.87. The number of allylic oxidation sites excluding steroid dienone is 8. The van der Waals surface area contributed by atoms with Gasteiger partial charge in [-0.2, -0.15) is 0 Å². The van der Waals surface area contributed by atoms with Gasteiger partial charge in [0.05, 0.1) is 0 Å². The van der Waals surface area contributed by atoms with Crippen LogP contribution in [0.1, 0.15) is 40.0 Å². The molecule has 0 aliphatic heterocycles. The molecule has 0 N–H and O–H groups in total. The lowest BCUT2D eigenvalue weighted by molar-refractivity contribution is -0.111. The van der Waals surface area contributed by atoms with E-state index in [1.54, 1.807) is 12.2 Å². The maximum absolute atomic E-state index is 11.5. The molecule has 1 aliphatic rings. The van der Waals surface area contributed by atoms with E-state index in [4.69, 9.17) is 0 Å². The summed E-state index contributed by atoms with van der Waals surface area (Å²) < 4.78 is 0. The minimum absolute atomic E-state index is 0.129. The van der Waals surface area contributed by atoms with Crippen LogP contribution in [0.3, 0.4) is 0 Å². The predicted octanol–water partition coefficient (Wildman–Crippen LogP) is 4.38. The van der Waals surface area contributed by atoms with Gasteiger partial charge in [0.1, 0.15) is 0 Å². The summed E-state index contributed by atoms with van der Waals surface area (Å²) in [6.07, 6.45) is 14.9. The average Bonchev–Trinajstić information content (AvgIpc) is 2.27. The molecule has 0 amide bonds. The van der Waals surface area contributed by atoms with Crippen LogP contribution in [0.25, 0.3) is 0 Å². The van der Waals surface area contributed by atoms with Gasteiger partial charge in [-0.3, -0.25) is 4.79 Å². The molecular weight excluding hydrogens is 208 g/mol. The van der Waals surface area contributed by atoms with Gasteiger partial charge in [-0.15, -0.1) is 0 Å². The highest BCUT2D eigenvalue weighted by Gasteiger charge is 2.06. The minimum atomic E-state index is 0.129. The largest absolute Gasteiger partial charge is 0.289 e. The highest BCUT2D eigenvalue weighted by atomic mass is 16.1. The smallest absolute Gasteiger partial charge is 0.185 e. The first-order valence-electron chi connectivity index (χ1n) is 6.32. The summed E-state index contributed by atoms with van der Waals surface area (Å²) in [4.78, 5) is 11.5. The quantitative estimate of drug-likeness (QED) is 0.506. The van der Waals surface area contributed by atoms with E-state index in [2.05, 4.69) is 32.9 Å². The Kier molecular flexibility index (Phi) is 5.68. The molecular formula is C16H22O. The van der Waals surface area contributed by atoms with Crippen LogP contribution < -0.4 is 0 Å². The minimum Gasteiger partial charge on any atom is -0.289 e. The van der Waals surface area contributed by atoms with Gasteiger partial charge in [-0.05, 0) is 45.1 Å². The summed E-state index contributed by atoms with van der Waals surface area (Å²) in [5.41, 5.74) is 2.22. The van der Waals surface area contributed by atoms with Crippen LogP contribution in [-0.2, 0) is 4.79 Å². The van der Waals surface area contributed by atoms with Crippen LogP contribution >= 0.6 is 0 Å². The van der Waals surface area contributed by atoms with Crippen LogP contribution in [0.5, 0.6) is 0 Å². The number of carbonyl (C=O) groups excluding carboxylic acids is 1. The molecule has 1 aliphatic carbocycles. The first-order chi connectivity index (χ1) is 8.09. The van der Waals surface area contributed by atoms with Crippen molar-refractivity contribution in [3.8, 4) is 0 Å². The van der Waals surface area contributed by atoms with Gasteiger partial charge in [0.25, 0.3) is 0 Å². The topological polar surface area (TPSA) is 17.1 Å². The highest BCUT2D eigenvalue weighted by Crippen LogP contribution is 2.15. The second-order valence-electron chi connectivity index (χ2n) is 4.94. The lowest BCUT2D eigenvalue weighted by Gasteiger charge is -2.08. The molecule has 0 aromatic heterocycles. The van der Waals surface area contributed by atoms with E-state index < -0.39 is 0 Å². The fraction of sp³-hybridized carbons (Fsp3) is 0.438. The van der Waals surface area contributed by atoms with Crippen molar-refractivity contribution >= 4 is 5.78 Å². The molecule has 0 aromatic rings. The lowest BCUT2D eigenvalue weighted by Crippen LogP contribution is -2.00. The van der Waals surface area contributed by atoms with Crippen molar-refractivity contribution in [2.75, 3.05) is 0 Å². The molecule has 0 bridgehead atoms. The first kappa shape index (κ1) is 13.7. The Morgan fingerprint density at radius 2 is 2.00 bits per heavy atom. The third kappa shape index (κ3) is 5.48. The Labute approximate surface area is 105 Å². The first-order valence-corrected chi connectivity index (χ1v) is 6.32. The molecule has 0 saturated heterocycles. The van der Waals surface area contributed by atoms with E-state index in [1.807, 2.05) is 12.2 Å². The fourth-order valence-electron chi connectivity index (χ4n) is 1.75. The molecule has 92 valence electrons. The van der Waals surface area contributed by atoms with Crippen LogP contribution in [0.2, 0.25) is 0 Å². The molecule has 17 heavy (non-hydrogen) atoms. The summed E-state index contributed by atoms with van der Waals surface area (Å²) in [6.45, 7) is 6.50. The van der Waals surface area contributed by atoms with E-state index in [1.165, 1.54) is 12.0 Å². The van der Waals surface area contributed by atoms with Gasteiger partial charge in [0.15, 0.2) is 5.78 Å². The molecule has 0 fully saturated rings. The zero-order chi connectivity index (χ0) is 12.7. The fourth-order valence-corrected chi connectivity index (χ4v) is 1.75. The molecule has 0 radical (unpaired) electrons. The summed E-state index contributed by atoms with van der Waals surface area (Å²) in [5.74, 6) is 0.759. The van der Waals surface area contributed by atoms with Gasteiger partial charge >= 0.3 is 0 Å². The van der Waals surface area contributed by atoms with Crippen LogP contribution in [0, 0.1) is 5.92 Å². The lowest BCUT2D eigenvalue weighted by atomic mass is 9.97. The van der Waals surface area contributed by atoms with Gasteiger partial charge in [0.2, 0.25) is 0 Å². The number of ketones is 1. The molecule has 1 heteroatoms. The summed E-state index contributed by atoms with van der Waals surface area (Å²) in [5, 5.41) is 0. The van der Waals surface area contributed by atoms with Crippen LogP contribution in [0.4, 0.5) is 0 Å². The zero-order valence-electron chi connectivity index (χ0n) is 11.1. The maximum Gasteiger partial charge on any atom is 0.185 e. The summed E-state index contributed by atoms with van der Waals surface area (Å²) in [6, 6.07) is 0. The van der Waals surface area contributed by atoms with E-state index >= 15 is 0 Å². The number of hydrogen-bond acceptors (Lipinski definition) is 1. The normalized spacial score (nSPS) is 18.5. The van der Waals surface area contributed by atoms with Gasteiger partial charge < -0.3 is 0 Å². The Bertz CT molecular complexity index is 376. The standard InChI is InChI=1S/C16H22O/c1-13(2)7-6-8-14(3)11-12-15-9-4-5-10-16(15)17/h4-5,7,9-10,12,14H,6,8,11H2,1-3H3/b15-12+/t14-/m1/s1. The molecule has 0 heterocycles. The Morgan fingerprint density at radius 3 is 2.65 bits per heavy atom. The number of rotatable bonds is 5. The van der Waals surface area contributed by atoms with Gasteiger partial charge in [-0.25, -0.2) is 0 Å². The molecule has 1 atom stereocenters. The second-order valence-corrected chi connectivity index (χ2v) is 4.94. The molecule has 0 saturated carbocycles. The molecule has 0 unspecified atom stereocenters. The van der Waals surface area contributed by atoms with E-state index in [0.29, 0.717) is 5.92 Å². The molecule has 1 nitrogen and oxygen atoms in total. The monoisotopic (exact) mass is 230 g/mol. The molecule has 0 spiro atoms. The zero-order valence-corrected chi connectivity index (χ0v) is 11.1. The van der Waals surface area contributed by atoms with Gasteiger partial charge in [-0.1, -0.05) is 42.9 Å². The van der Waals surface area contributed by atoms with Crippen molar-refractivity contribution in [2.24, 2.45) is 5.92 Å². The van der Waals surface area contributed by atoms with Gasteiger partial charge in [0, 0.05) is 5.57 Å². The van der Waals surface area contributed by atoms with Crippen LogP contribution in [-0.4, -0.2) is 5.78 Å². The Balaban J connectivity index is 2.37. The maximum atomic E-state index is 11.5. The summed E-state index contributed by atoms with van der Waals surface area (Å²) >= 11 is 0. The SMILES string of the molecule is CC(C)=CCC[C@@H](C)C/C=C1\C=CC=CC1=O. The van der Waals surface area contributed by atoms with Crippen LogP contribution in [0.15, 0.2) is 47.6 Å². The Hall–Kier alpha value is -1.37. The van der Waals surface area contributed by atoms with Crippen molar-refractivity contribution in [1.29, 1.82) is 0 Å². The number of carbonyl (C=O) groups is 1. The predicted molar refractivity (Wildman–Crippen MR) is 73.8 cm³/mol. The van der Waals surface area contributed by atoms with Crippen molar-refractivity contribution < 1.29 is 4.79 Å². The van der Waals surface area contributed by atoms with Crippen molar-refractivity contribution in [1.82, 2.24) is 0 Å². The van der Waals surface area contributed by atoms with E-state index in [-0.39, 0.29) is 5.78 Å². The Morgan fingerprint density at radius 1 is 1.29 bits per heavy atom. The summed E-state index contributed by atoms with van der Waals surface area (Å²) in [7, 11) is 0.